The Labute approximate surface area is 154 Å². The van der Waals surface area contributed by atoms with Crippen molar-refractivity contribution in [2.75, 3.05) is 44.0 Å². The van der Waals surface area contributed by atoms with E-state index in [4.69, 9.17) is 4.74 Å². The molecular weight excluding hydrogens is 354 g/mol. The molecule has 2 rings (SSSR count). The van der Waals surface area contributed by atoms with Crippen LogP contribution in [0.25, 0.3) is 0 Å². The Morgan fingerprint density at radius 3 is 2.42 bits per heavy atom. The standard InChI is InChI=1S/C18H23N3O4S/c1-21(2)16-9-7-15(8-10-16)20-26(23,24)17-6-4-5-14(13-17)18(22)19-11-12-25-3/h4-10,13,20H,11-12H2,1-3H3,(H,19,22). The molecular formula is C18H23N3O4S. The summed E-state index contributed by atoms with van der Waals surface area (Å²) in [5, 5.41) is 2.66. The lowest BCUT2D eigenvalue weighted by Crippen LogP contribution is -2.27. The highest BCUT2D eigenvalue weighted by Crippen LogP contribution is 2.20. The predicted molar refractivity (Wildman–Crippen MR) is 102 cm³/mol. The van der Waals surface area contributed by atoms with Crippen LogP contribution in [-0.2, 0) is 14.8 Å². The van der Waals surface area contributed by atoms with Crippen LogP contribution in [0.1, 0.15) is 10.4 Å². The maximum atomic E-state index is 12.6. The number of amides is 1. The van der Waals surface area contributed by atoms with E-state index in [1.54, 1.807) is 18.2 Å². The Morgan fingerprint density at radius 1 is 1.12 bits per heavy atom. The molecule has 0 heterocycles. The second-order valence-corrected chi connectivity index (χ2v) is 7.51. The topological polar surface area (TPSA) is 87.7 Å². The number of sulfonamides is 1. The number of benzene rings is 2. The summed E-state index contributed by atoms with van der Waals surface area (Å²) in [6.07, 6.45) is 0. The Kier molecular flexibility index (Phi) is 6.59. The molecule has 0 atom stereocenters. The van der Waals surface area contributed by atoms with Gasteiger partial charge in [-0.3, -0.25) is 9.52 Å². The average molecular weight is 377 g/mol. The first-order valence-electron chi connectivity index (χ1n) is 8.01. The molecule has 0 unspecified atom stereocenters. The number of carbonyl (C=O) groups excluding carboxylic acids is 1. The number of carbonyl (C=O) groups is 1. The minimum absolute atomic E-state index is 0.0218. The van der Waals surface area contributed by atoms with E-state index in [1.807, 2.05) is 31.1 Å². The van der Waals surface area contributed by atoms with E-state index in [1.165, 1.54) is 25.3 Å². The summed E-state index contributed by atoms with van der Waals surface area (Å²) >= 11 is 0. The van der Waals surface area contributed by atoms with E-state index >= 15 is 0 Å². The van der Waals surface area contributed by atoms with Crippen molar-refractivity contribution in [3.8, 4) is 0 Å². The molecule has 0 radical (unpaired) electrons. The zero-order chi connectivity index (χ0) is 19.2. The van der Waals surface area contributed by atoms with Gasteiger partial charge in [0.2, 0.25) is 0 Å². The Hall–Kier alpha value is -2.58. The molecule has 2 N–H and O–H groups in total. The van der Waals surface area contributed by atoms with Crippen molar-refractivity contribution >= 4 is 27.3 Å². The molecule has 2 aromatic rings. The van der Waals surface area contributed by atoms with Gasteiger partial charge >= 0.3 is 0 Å². The number of nitrogens with one attached hydrogen (secondary N) is 2. The summed E-state index contributed by atoms with van der Waals surface area (Å²) in [6.45, 7) is 0.733. The summed E-state index contributed by atoms with van der Waals surface area (Å²) in [5.74, 6) is -0.352. The van der Waals surface area contributed by atoms with Crippen LogP contribution in [-0.4, -0.2) is 48.7 Å². The number of nitrogens with zero attached hydrogens (tertiary/aromatic N) is 1. The van der Waals surface area contributed by atoms with Crippen molar-refractivity contribution in [2.45, 2.75) is 4.90 Å². The fourth-order valence-corrected chi connectivity index (χ4v) is 3.32. The number of rotatable bonds is 8. The van der Waals surface area contributed by atoms with E-state index in [2.05, 4.69) is 10.0 Å². The maximum absolute atomic E-state index is 12.6. The van der Waals surface area contributed by atoms with Crippen molar-refractivity contribution in [2.24, 2.45) is 0 Å². The van der Waals surface area contributed by atoms with Crippen molar-refractivity contribution < 1.29 is 17.9 Å². The third kappa shape index (κ3) is 5.21. The highest BCUT2D eigenvalue weighted by atomic mass is 32.2. The molecule has 1 amide bonds. The summed E-state index contributed by atoms with van der Waals surface area (Å²) in [4.78, 5) is 14.0. The average Bonchev–Trinajstić information content (AvgIpc) is 2.62. The van der Waals surface area contributed by atoms with Crippen LogP contribution in [0.15, 0.2) is 53.4 Å². The first kappa shape index (κ1) is 19.7. The lowest BCUT2D eigenvalue weighted by atomic mass is 10.2. The number of anilines is 2. The van der Waals surface area contributed by atoms with Gasteiger partial charge in [0.15, 0.2) is 0 Å². The fraction of sp³-hybridized carbons (Fsp3) is 0.278. The second kappa shape index (κ2) is 8.68. The zero-order valence-corrected chi connectivity index (χ0v) is 15.8. The van der Waals surface area contributed by atoms with Crippen molar-refractivity contribution in [1.29, 1.82) is 0 Å². The maximum Gasteiger partial charge on any atom is 0.261 e. The van der Waals surface area contributed by atoms with Gasteiger partial charge in [0.1, 0.15) is 0 Å². The number of ether oxygens (including phenoxy) is 1. The highest BCUT2D eigenvalue weighted by molar-refractivity contribution is 7.92. The predicted octanol–water partition coefficient (Wildman–Crippen LogP) is 1.93. The Morgan fingerprint density at radius 2 is 1.81 bits per heavy atom. The second-order valence-electron chi connectivity index (χ2n) is 5.82. The lowest BCUT2D eigenvalue weighted by Gasteiger charge is -2.14. The fourth-order valence-electron chi connectivity index (χ4n) is 2.21. The third-order valence-electron chi connectivity index (χ3n) is 3.63. The Balaban J connectivity index is 2.15. The van der Waals surface area contributed by atoms with E-state index in [-0.39, 0.29) is 16.4 Å². The summed E-state index contributed by atoms with van der Waals surface area (Å²) < 4.78 is 32.6. The minimum Gasteiger partial charge on any atom is -0.383 e. The van der Waals surface area contributed by atoms with Crippen LogP contribution in [0, 0.1) is 0 Å². The van der Waals surface area contributed by atoms with Crippen LogP contribution in [0.5, 0.6) is 0 Å². The normalized spacial score (nSPS) is 11.0. The molecule has 2 aromatic carbocycles. The SMILES string of the molecule is COCCNC(=O)c1cccc(S(=O)(=O)Nc2ccc(N(C)C)cc2)c1. The zero-order valence-electron chi connectivity index (χ0n) is 15.0. The van der Waals surface area contributed by atoms with Crippen molar-refractivity contribution in [3.05, 3.63) is 54.1 Å². The Bertz CT molecular complexity index is 849. The van der Waals surface area contributed by atoms with E-state index in [0.717, 1.165) is 5.69 Å². The largest absolute Gasteiger partial charge is 0.383 e. The van der Waals surface area contributed by atoms with Crippen molar-refractivity contribution in [3.63, 3.8) is 0 Å². The van der Waals surface area contributed by atoms with E-state index in [0.29, 0.717) is 18.8 Å². The molecule has 0 spiro atoms. The molecule has 0 fully saturated rings. The molecule has 0 saturated heterocycles. The molecule has 8 heteroatoms. The smallest absolute Gasteiger partial charge is 0.261 e. The molecule has 0 aromatic heterocycles. The number of hydrogen-bond donors (Lipinski definition) is 2. The molecule has 0 aliphatic carbocycles. The monoisotopic (exact) mass is 377 g/mol. The van der Waals surface area contributed by atoms with Gasteiger partial charge in [-0.1, -0.05) is 6.07 Å². The van der Waals surface area contributed by atoms with Gasteiger partial charge < -0.3 is 15.0 Å². The highest BCUT2D eigenvalue weighted by Gasteiger charge is 2.16. The first-order chi connectivity index (χ1) is 12.3. The van der Waals surface area contributed by atoms with Gasteiger partial charge in [-0.2, -0.15) is 0 Å². The van der Waals surface area contributed by atoms with Crippen LogP contribution in [0.4, 0.5) is 11.4 Å². The van der Waals surface area contributed by atoms with Gasteiger partial charge in [-0.05, 0) is 42.5 Å². The van der Waals surface area contributed by atoms with Gasteiger partial charge in [-0.15, -0.1) is 0 Å². The molecule has 0 aliphatic rings. The van der Waals surface area contributed by atoms with Crippen LogP contribution < -0.4 is 14.9 Å². The van der Waals surface area contributed by atoms with Crippen LogP contribution in [0.3, 0.4) is 0 Å². The third-order valence-corrected chi connectivity index (χ3v) is 5.01. The van der Waals surface area contributed by atoms with Gasteiger partial charge in [0.25, 0.3) is 15.9 Å². The summed E-state index contributed by atoms with van der Waals surface area (Å²) in [6, 6.07) is 12.9. The van der Waals surface area contributed by atoms with Gasteiger partial charge in [0, 0.05) is 44.7 Å². The molecule has 0 aliphatic heterocycles. The summed E-state index contributed by atoms with van der Waals surface area (Å²) in [7, 11) is 1.55. The van der Waals surface area contributed by atoms with Crippen molar-refractivity contribution in [1.82, 2.24) is 5.32 Å². The summed E-state index contributed by atoms with van der Waals surface area (Å²) in [5.41, 5.74) is 1.68. The van der Waals surface area contributed by atoms with Gasteiger partial charge in [0.05, 0.1) is 11.5 Å². The minimum atomic E-state index is -3.80. The molecule has 140 valence electrons. The van der Waals surface area contributed by atoms with Crippen LogP contribution >= 0.6 is 0 Å². The molecule has 7 nitrogen and oxygen atoms in total. The van der Waals surface area contributed by atoms with E-state index < -0.39 is 10.0 Å². The number of hydrogen-bond acceptors (Lipinski definition) is 5. The quantitative estimate of drug-likeness (QED) is 0.687. The molecule has 26 heavy (non-hydrogen) atoms. The first-order valence-corrected chi connectivity index (χ1v) is 9.49. The number of methoxy groups -OCH3 is 1. The molecule has 0 bridgehead atoms. The van der Waals surface area contributed by atoms with E-state index in [9.17, 15) is 13.2 Å². The van der Waals surface area contributed by atoms with Crippen LogP contribution in [0.2, 0.25) is 0 Å². The molecule has 0 saturated carbocycles. The lowest BCUT2D eigenvalue weighted by molar-refractivity contribution is 0.0937. The van der Waals surface area contributed by atoms with Gasteiger partial charge in [-0.25, -0.2) is 8.42 Å².